The molecule has 7 heteroatoms. The van der Waals surface area contributed by atoms with Gasteiger partial charge in [0.2, 0.25) is 0 Å². The molecule has 2 rings (SSSR count). The number of nitrogens with zero attached hydrogens (tertiary/aromatic N) is 1. The van der Waals surface area contributed by atoms with Crippen LogP contribution in [0.2, 0.25) is 0 Å². The molecule has 0 bridgehead atoms. The summed E-state index contributed by atoms with van der Waals surface area (Å²) in [4.78, 5) is 21.0. The van der Waals surface area contributed by atoms with Gasteiger partial charge in [0.15, 0.2) is 0 Å². The zero-order chi connectivity index (χ0) is 15.6. The van der Waals surface area contributed by atoms with Crippen LogP contribution in [0.1, 0.15) is 15.9 Å². The fourth-order valence-electron chi connectivity index (χ4n) is 1.86. The number of carbonyl (C=O) groups is 1. The average molecular weight is 295 g/mol. The number of hydrogen-bond donors (Lipinski definition) is 0. The molecule has 108 valence electrons. The van der Waals surface area contributed by atoms with Crippen molar-refractivity contribution in [3.8, 4) is 11.1 Å². The normalized spacial score (nSPS) is 11.2. The van der Waals surface area contributed by atoms with Gasteiger partial charge < -0.3 is 0 Å². The van der Waals surface area contributed by atoms with Crippen LogP contribution in [-0.4, -0.2) is 11.2 Å². The van der Waals surface area contributed by atoms with Gasteiger partial charge in [-0.2, -0.15) is 13.2 Å². The maximum Gasteiger partial charge on any atom is 0.416 e. The molecule has 21 heavy (non-hydrogen) atoms. The molecule has 0 saturated carbocycles. The predicted octanol–water partition coefficient (Wildman–Crippen LogP) is 4.09. The standard InChI is InChI=1S/C14H8F3NO3/c15-14(16,17)11-4-2-10(3-5-11)12-6-1-9(8-19)7-13(12)18(20)21/h1-8H. The van der Waals surface area contributed by atoms with Crippen LogP contribution in [-0.2, 0) is 6.18 Å². The van der Waals surface area contributed by atoms with Crippen LogP contribution in [0.4, 0.5) is 18.9 Å². The molecule has 0 spiro atoms. The number of nitro groups is 1. The fourth-order valence-corrected chi connectivity index (χ4v) is 1.86. The first-order chi connectivity index (χ1) is 9.82. The van der Waals surface area contributed by atoms with Crippen molar-refractivity contribution in [2.24, 2.45) is 0 Å². The molecular formula is C14H8F3NO3. The van der Waals surface area contributed by atoms with Gasteiger partial charge in [-0.1, -0.05) is 18.2 Å². The maximum absolute atomic E-state index is 12.5. The minimum Gasteiger partial charge on any atom is -0.298 e. The third-order valence-electron chi connectivity index (χ3n) is 2.88. The first kappa shape index (κ1) is 14.7. The molecule has 0 fully saturated rings. The van der Waals surface area contributed by atoms with Gasteiger partial charge in [0.25, 0.3) is 5.69 Å². The van der Waals surface area contributed by atoms with Gasteiger partial charge in [0, 0.05) is 11.6 Å². The van der Waals surface area contributed by atoms with Crippen molar-refractivity contribution < 1.29 is 22.9 Å². The summed E-state index contributed by atoms with van der Waals surface area (Å²) >= 11 is 0. The molecule has 0 radical (unpaired) electrons. The Hall–Kier alpha value is -2.70. The molecule has 0 aliphatic heterocycles. The molecule has 4 nitrogen and oxygen atoms in total. The summed E-state index contributed by atoms with van der Waals surface area (Å²) in [5.41, 5.74) is -0.624. The molecule has 0 unspecified atom stereocenters. The summed E-state index contributed by atoms with van der Waals surface area (Å²) in [6.45, 7) is 0. The van der Waals surface area contributed by atoms with Gasteiger partial charge in [-0.3, -0.25) is 14.9 Å². The van der Waals surface area contributed by atoms with Crippen molar-refractivity contribution in [2.45, 2.75) is 6.18 Å². The number of benzene rings is 2. The Balaban J connectivity index is 2.51. The summed E-state index contributed by atoms with van der Waals surface area (Å²) in [5.74, 6) is 0. The summed E-state index contributed by atoms with van der Waals surface area (Å²) < 4.78 is 37.4. The Labute approximate surface area is 117 Å². The quantitative estimate of drug-likeness (QED) is 0.486. The van der Waals surface area contributed by atoms with Gasteiger partial charge >= 0.3 is 6.18 Å². The largest absolute Gasteiger partial charge is 0.416 e. The molecular weight excluding hydrogens is 287 g/mol. The van der Waals surface area contributed by atoms with E-state index in [1.165, 1.54) is 12.1 Å². The second-order valence-electron chi connectivity index (χ2n) is 4.23. The van der Waals surface area contributed by atoms with Crippen molar-refractivity contribution in [2.75, 3.05) is 0 Å². The Morgan fingerprint density at radius 1 is 1.05 bits per heavy atom. The highest BCUT2D eigenvalue weighted by atomic mass is 19.4. The number of rotatable bonds is 3. The smallest absolute Gasteiger partial charge is 0.298 e. The lowest BCUT2D eigenvalue weighted by atomic mass is 10.0. The summed E-state index contributed by atoms with van der Waals surface area (Å²) in [5, 5.41) is 11.0. The van der Waals surface area contributed by atoms with Crippen molar-refractivity contribution in [1.29, 1.82) is 0 Å². The fraction of sp³-hybridized carbons (Fsp3) is 0.0714. The van der Waals surface area contributed by atoms with E-state index in [0.29, 0.717) is 6.29 Å². The van der Waals surface area contributed by atoms with E-state index in [4.69, 9.17) is 0 Å². The molecule has 2 aromatic carbocycles. The minimum atomic E-state index is -4.47. The van der Waals surface area contributed by atoms with Gasteiger partial charge in [0.05, 0.1) is 16.1 Å². The van der Waals surface area contributed by atoms with Gasteiger partial charge in [-0.25, -0.2) is 0 Å². The van der Waals surface area contributed by atoms with Crippen molar-refractivity contribution >= 4 is 12.0 Å². The van der Waals surface area contributed by atoms with E-state index in [1.807, 2.05) is 0 Å². The third-order valence-corrected chi connectivity index (χ3v) is 2.88. The van der Waals surface area contributed by atoms with Gasteiger partial charge in [-0.05, 0) is 23.8 Å². The molecule has 0 saturated heterocycles. The Morgan fingerprint density at radius 3 is 2.14 bits per heavy atom. The van der Waals surface area contributed by atoms with Crippen LogP contribution < -0.4 is 0 Å². The Bertz CT molecular complexity index is 694. The second-order valence-corrected chi connectivity index (χ2v) is 4.23. The van der Waals surface area contributed by atoms with Crippen LogP contribution >= 0.6 is 0 Å². The van der Waals surface area contributed by atoms with Crippen LogP contribution in [0, 0.1) is 10.1 Å². The van der Waals surface area contributed by atoms with Crippen LogP contribution in [0.15, 0.2) is 42.5 Å². The molecule has 0 N–H and O–H groups in total. The number of aldehydes is 1. The lowest BCUT2D eigenvalue weighted by molar-refractivity contribution is -0.384. The van der Waals surface area contributed by atoms with Crippen LogP contribution in [0.25, 0.3) is 11.1 Å². The van der Waals surface area contributed by atoms with E-state index in [9.17, 15) is 28.1 Å². The minimum absolute atomic E-state index is 0.123. The van der Waals surface area contributed by atoms with Gasteiger partial charge in [-0.15, -0.1) is 0 Å². The van der Waals surface area contributed by atoms with E-state index in [2.05, 4.69) is 0 Å². The number of alkyl halides is 3. The first-order valence-corrected chi connectivity index (χ1v) is 5.74. The highest BCUT2D eigenvalue weighted by molar-refractivity contribution is 5.82. The van der Waals surface area contributed by atoms with Crippen LogP contribution in [0.5, 0.6) is 0 Å². The van der Waals surface area contributed by atoms with E-state index < -0.39 is 16.7 Å². The summed E-state index contributed by atoms with van der Waals surface area (Å²) in [6.07, 6.45) is -4.00. The lowest BCUT2D eigenvalue weighted by Gasteiger charge is -2.08. The van der Waals surface area contributed by atoms with Gasteiger partial charge in [0.1, 0.15) is 6.29 Å². The molecule has 0 aliphatic rings. The number of hydrogen-bond acceptors (Lipinski definition) is 3. The molecule has 0 aliphatic carbocycles. The van der Waals surface area contributed by atoms with E-state index in [-0.39, 0.29) is 22.4 Å². The first-order valence-electron chi connectivity index (χ1n) is 5.74. The number of halogens is 3. The Morgan fingerprint density at radius 2 is 1.67 bits per heavy atom. The zero-order valence-electron chi connectivity index (χ0n) is 10.4. The van der Waals surface area contributed by atoms with E-state index >= 15 is 0 Å². The van der Waals surface area contributed by atoms with E-state index in [1.54, 1.807) is 0 Å². The highest BCUT2D eigenvalue weighted by Crippen LogP contribution is 2.34. The number of nitro benzene ring substituents is 1. The third kappa shape index (κ3) is 3.07. The van der Waals surface area contributed by atoms with Crippen molar-refractivity contribution in [3.63, 3.8) is 0 Å². The van der Waals surface area contributed by atoms with E-state index in [0.717, 1.165) is 30.3 Å². The second kappa shape index (κ2) is 5.35. The number of carbonyl (C=O) groups excluding carboxylic acids is 1. The molecule has 0 aromatic heterocycles. The zero-order valence-corrected chi connectivity index (χ0v) is 10.4. The molecule has 0 amide bonds. The summed E-state index contributed by atoms with van der Waals surface area (Å²) in [6, 6.07) is 7.81. The average Bonchev–Trinajstić information content (AvgIpc) is 2.45. The monoisotopic (exact) mass is 295 g/mol. The highest BCUT2D eigenvalue weighted by Gasteiger charge is 2.30. The summed E-state index contributed by atoms with van der Waals surface area (Å²) in [7, 11) is 0. The SMILES string of the molecule is O=Cc1ccc(-c2ccc(C(F)(F)F)cc2)c([N+](=O)[O-])c1. The van der Waals surface area contributed by atoms with Crippen LogP contribution in [0.3, 0.4) is 0 Å². The Kier molecular flexibility index (Phi) is 3.75. The molecule has 0 atom stereocenters. The molecule has 2 aromatic rings. The predicted molar refractivity (Wildman–Crippen MR) is 68.9 cm³/mol. The van der Waals surface area contributed by atoms with Crippen molar-refractivity contribution in [1.82, 2.24) is 0 Å². The van der Waals surface area contributed by atoms with Crippen molar-refractivity contribution in [3.05, 3.63) is 63.7 Å². The topological polar surface area (TPSA) is 60.2 Å². The maximum atomic E-state index is 12.5. The lowest BCUT2D eigenvalue weighted by Crippen LogP contribution is -2.04. The molecule has 0 heterocycles.